The summed E-state index contributed by atoms with van der Waals surface area (Å²) < 4.78 is 0. The van der Waals surface area contributed by atoms with Crippen LogP contribution in [0.4, 0.5) is 0 Å². The molecule has 0 aromatic rings. The molecule has 2 N–H and O–H groups in total. The summed E-state index contributed by atoms with van der Waals surface area (Å²) in [5.41, 5.74) is -0.664. The van der Waals surface area contributed by atoms with Gasteiger partial charge in [0.2, 0.25) is 0 Å². The fraction of sp³-hybridized carbons (Fsp3) is 0.929. The minimum absolute atomic E-state index is 0.461. The predicted octanol–water partition coefficient (Wildman–Crippen LogP) is 1.85. The van der Waals surface area contributed by atoms with Gasteiger partial charge >= 0.3 is 5.97 Å². The lowest BCUT2D eigenvalue weighted by molar-refractivity contribution is -0.144. The lowest BCUT2D eigenvalue weighted by atomic mass is 9.97. The first-order chi connectivity index (χ1) is 8.63. The fourth-order valence-corrected chi connectivity index (χ4v) is 3.32. The highest BCUT2D eigenvalue weighted by atomic mass is 16.4. The zero-order valence-electron chi connectivity index (χ0n) is 11.6. The number of rotatable bonds is 7. The predicted molar refractivity (Wildman–Crippen MR) is 71.7 cm³/mol. The van der Waals surface area contributed by atoms with E-state index in [4.69, 9.17) is 0 Å². The number of carboxylic acids is 1. The minimum atomic E-state index is -0.664. The first-order valence-electron chi connectivity index (χ1n) is 7.37. The molecular weight excluding hydrogens is 228 g/mol. The van der Waals surface area contributed by atoms with Gasteiger partial charge in [-0.05, 0) is 51.6 Å². The highest BCUT2D eigenvalue weighted by Gasteiger charge is 2.48. The van der Waals surface area contributed by atoms with Crippen molar-refractivity contribution < 1.29 is 9.90 Å². The van der Waals surface area contributed by atoms with Gasteiger partial charge in [-0.15, -0.1) is 0 Å². The van der Waals surface area contributed by atoms with Crippen LogP contribution in [0, 0.1) is 0 Å². The van der Waals surface area contributed by atoms with E-state index in [2.05, 4.69) is 24.1 Å². The molecular formula is C14H26N2O2. The summed E-state index contributed by atoms with van der Waals surface area (Å²) in [4.78, 5) is 14.1. The van der Waals surface area contributed by atoms with Crippen molar-refractivity contribution >= 4 is 5.97 Å². The maximum Gasteiger partial charge on any atom is 0.323 e. The molecule has 0 heterocycles. The van der Waals surface area contributed by atoms with Gasteiger partial charge in [0.25, 0.3) is 0 Å². The van der Waals surface area contributed by atoms with Gasteiger partial charge in [-0.1, -0.05) is 13.8 Å². The van der Waals surface area contributed by atoms with E-state index in [1.165, 1.54) is 12.8 Å². The summed E-state index contributed by atoms with van der Waals surface area (Å²) in [6, 6.07) is 1.19. The largest absolute Gasteiger partial charge is 0.480 e. The van der Waals surface area contributed by atoms with Crippen LogP contribution >= 0.6 is 0 Å². The quantitative estimate of drug-likeness (QED) is 0.728. The van der Waals surface area contributed by atoms with E-state index in [0.717, 1.165) is 44.8 Å². The molecule has 0 aliphatic heterocycles. The Morgan fingerprint density at radius 2 is 2.06 bits per heavy atom. The van der Waals surface area contributed by atoms with Gasteiger partial charge in [0.1, 0.15) is 5.54 Å². The molecule has 2 fully saturated rings. The van der Waals surface area contributed by atoms with Gasteiger partial charge in [0.05, 0.1) is 0 Å². The Bertz CT molecular complexity index is 304. The maximum absolute atomic E-state index is 11.6. The summed E-state index contributed by atoms with van der Waals surface area (Å²) in [6.45, 7) is 6.13. The van der Waals surface area contributed by atoms with Crippen LogP contribution < -0.4 is 5.32 Å². The standard InChI is InChI=1S/C14H26N2O2/c1-3-9-15-14(13(17)18)8-7-12(10-14)16(4-2)11-5-6-11/h11-12,15H,3-10H2,1-2H3,(H,17,18). The van der Waals surface area contributed by atoms with Gasteiger partial charge in [-0.25, -0.2) is 0 Å². The van der Waals surface area contributed by atoms with Crippen LogP contribution in [0.1, 0.15) is 52.4 Å². The summed E-state index contributed by atoms with van der Waals surface area (Å²) >= 11 is 0. The molecule has 18 heavy (non-hydrogen) atoms. The normalized spacial score (nSPS) is 32.1. The molecule has 0 aromatic carbocycles. The summed E-state index contributed by atoms with van der Waals surface area (Å²) in [7, 11) is 0. The lowest BCUT2D eigenvalue weighted by Crippen LogP contribution is -2.51. The zero-order chi connectivity index (χ0) is 13.2. The lowest BCUT2D eigenvalue weighted by Gasteiger charge is -2.30. The smallest absolute Gasteiger partial charge is 0.323 e. The molecule has 0 radical (unpaired) electrons. The maximum atomic E-state index is 11.6. The second kappa shape index (κ2) is 5.57. The third-order valence-electron chi connectivity index (χ3n) is 4.46. The van der Waals surface area contributed by atoms with Crippen molar-refractivity contribution in [2.45, 2.75) is 70.0 Å². The zero-order valence-corrected chi connectivity index (χ0v) is 11.6. The fourth-order valence-electron chi connectivity index (χ4n) is 3.32. The number of nitrogens with one attached hydrogen (secondary N) is 1. The van der Waals surface area contributed by atoms with E-state index in [1.807, 2.05) is 0 Å². The number of hydrogen-bond acceptors (Lipinski definition) is 3. The van der Waals surface area contributed by atoms with Crippen molar-refractivity contribution in [1.29, 1.82) is 0 Å². The Morgan fingerprint density at radius 1 is 1.33 bits per heavy atom. The van der Waals surface area contributed by atoms with E-state index in [1.54, 1.807) is 0 Å². The SMILES string of the molecule is CCCNC1(C(=O)O)CCC(N(CC)C2CC2)C1. The Hall–Kier alpha value is -0.610. The molecule has 4 heteroatoms. The monoisotopic (exact) mass is 254 g/mol. The van der Waals surface area contributed by atoms with Crippen LogP contribution in [0.3, 0.4) is 0 Å². The summed E-state index contributed by atoms with van der Waals surface area (Å²) in [5, 5.41) is 12.8. The van der Waals surface area contributed by atoms with E-state index < -0.39 is 11.5 Å². The van der Waals surface area contributed by atoms with Gasteiger partial charge in [-0.2, -0.15) is 0 Å². The minimum Gasteiger partial charge on any atom is -0.480 e. The van der Waals surface area contributed by atoms with Gasteiger partial charge in [-0.3, -0.25) is 9.69 Å². The molecule has 2 aliphatic rings. The van der Waals surface area contributed by atoms with Crippen molar-refractivity contribution in [2.75, 3.05) is 13.1 Å². The Labute approximate surface area is 110 Å². The highest BCUT2D eigenvalue weighted by molar-refractivity contribution is 5.79. The summed E-state index contributed by atoms with van der Waals surface area (Å²) in [5.74, 6) is -0.662. The summed E-state index contributed by atoms with van der Waals surface area (Å²) in [6.07, 6.45) is 6.15. The molecule has 2 atom stereocenters. The Kier molecular flexibility index (Phi) is 4.28. The molecule has 0 bridgehead atoms. The van der Waals surface area contributed by atoms with E-state index in [-0.39, 0.29) is 0 Å². The van der Waals surface area contributed by atoms with Crippen molar-refractivity contribution in [3.05, 3.63) is 0 Å². The van der Waals surface area contributed by atoms with Crippen LogP contribution in [0.15, 0.2) is 0 Å². The first-order valence-corrected chi connectivity index (χ1v) is 7.37. The Balaban J connectivity index is 2.00. The molecule has 2 unspecified atom stereocenters. The molecule has 0 amide bonds. The molecule has 0 saturated heterocycles. The van der Waals surface area contributed by atoms with Crippen molar-refractivity contribution in [3.63, 3.8) is 0 Å². The van der Waals surface area contributed by atoms with Crippen LogP contribution in [0.5, 0.6) is 0 Å². The van der Waals surface area contributed by atoms with E-state index >= 15 is 0 Å². The van der Waals surface area contributed by atoms with E-state index in [9.17, 15) is 9.90 Å². The first kappa shape index (κ1) is 13.8. The van der Waals surface area contributed by atoms with E-state index in [0.29, 0.717) is 6.04 Å². The van der Waals surface area contributed by atoms with Crippen molar-refractivity contribution in [2.24, 2.45) is 0 Å². The molecule has 2 rings (SSSR count). The number of hydrogen-bond donors (Lipinski definition) is 2. The van der Waals surface area contributed by atoms with Gasteiger partial charge in [0.15, 0.2) is 0 Å². The van der Waals surface area contributed by atoms with Crippen LogP contribution in [-0.2, 0) is 4.79 Å². The molecule has 2 saturated carbocycles. The second-order valence-electron chi connectivity index (χ2n) is 5.77. The average Bonchev–Trinajstić information content (AvgIpc) is 3.08. The number of carboxylic acid groups (broad SMARTS) is 1. The van der Waals surface area contributed by atoms with Gasteiger partial charge < -0.3 is 10.4 Å². The van der Waals surface area contributed by atoms with Crippen LogP contribution in [0.25, 0.3) is 0 Å². The molecule has 0 aromatic heterocycles. The van der Waals surface area contributed by atoms with Crippen molar-refractivity contribution in [1.82, 2.24) is 10.2 Å². The second-order valence-corrected chi connectivity index (χ2v) is 5.77. The van der Waals surface area contributed by atoms with Crippen molar-refractivity contribution in [3.8, 4) is 0 Å². The number of carbonyl (C=O) groups is 1. The Morgan fingerprint density at radius 3 is 2.56 bits per heavy atom. The molecule has 0 spiro atoms. The highest BCUT2D eigenvalue weighted by Crippen LogP contribution is 2.38. The third-order valence-corrected chi connectivity index (χ3v) is 4.46. The third kappa shape index (κ3) is 2.69. The van der Waals surface area contributed by atoms with Gasteiger partial charge in [0, 0.05) is 12.1 Å². The average molecular weight is 254 g/mol. The topological polar surface area (TPSA) is 52.6 Å². The molecule has 104 valence electrons. The van der Waals surface area contributed by atoms with Crippen LogP contribution in [-0.4, -0.2) is 46.7 Å². The molecule has 2 aliphatic carbocycles. The number of nitrogens with zero attached hydrogens (tertiary/aromatic N) is 1. The molecule has 4 nitrogen and oxygen atoms in total. The van der Waals surface area contributed by atoms with Crippen LogP contribution in [0.2, 0.25) is 0 Å². The number of aliphatic carboxylic acids is 1.